The van der Waals surface area contributed by atoms with E-state index in [1.807, 2.05) is 50.3 Å². The minimum absolute atomic E-state index is 0.156. The summed E-state index contributed by atoms with van der Waals surface area (Å²) < 4.78 is 7.77. The summed E-state index contributed by atoms with van der Waals surface area (Å²) >= 11 is 0. The number of hydrogen-bond acceptors (Lipinski definition) is 6. The van der Waals surface area contributed by atoms with Crippen molar-refractivity contribution in [2.24, 2.45) is 7.05 Å². The molecule has 0 unspecified atom stereocenters. The van der Waals surface area contributed by atoms with Gasteiger partial charge in [0.15, 0.2) is 0 Å². The molecule has 9 nitrogen and oxygen atoms in total. The van der Waals surface area contributed by atoms with Crippen LogP contribution >= 0.6 is 0 Å². The molecule has 0 saturated carbocycles. The molecule has 1 amide bonds. The Morgan fingerprint density at radius 2 is 1.72 bits per heavy atom. The number of carboxylic acids is 1. The fraction of sp³-hybridized carbons (Fsp3) is 0.400. The Morgan fingerprint density at radius 3 is 2.44 bits per heavy atom. The van der Waals surface area contributed by atoms with Gasteiger partial charge in [-0.25, -0.2) is 0 Å². The summed E-state index contributed by atoms with van der Waals surface area (Å²) in [6, 6.07) is 9.57. The quantitative estimate of drug-likeness (QED) is 0.153. The lowest BCUT2D eigenvalue weighted by molar-refractivity contribution is -0.137. The van der Waals surface area contributed by atoms with Crippen molar-refractivity contribution in [3.05, 3.63) is 47.8 Å². The number of rotatable bonds is 12. The third-order valence-corrected chi connectivity index (χ3v) is 7.06. The third-order valence-electron chi connectivity index (χ3n) is 7.06. The van der Waals surface area contributed by atoms with E-state index in [1.165, 1.54) is 0 Å². The van der Waals surface area contributed by atoms with Crippen molar-refractivity contribution in [1.82, 2.24) is 19.8 Å². The maximum Gasteiger partial charge on any atom is 0.311 e. The highest BCUT2D eigenvalue weighted by Crippen LogP contribution is 2.37. The minimum Gasteiger partial charge on any atom is -0.481 e. The molecule has 4 aromatic rings. The lowest BCUT2D eigenvalue weighted by Gasteiger charge is -2.12. The van der Waals surface area contributed by atoms with E-state index in [9.17, 15) is 14.4 Å². The van der Waals surface area contributed by atoms with Crippen LogP contribution in [0.2, 0.25) is 0 Å². The molecule has 4 rings (SSSR count). The molecule has 0 aliphatic rings. The molecule has 0 aliphatic carbocycles. The zero-order valence-electron chi connectivity index (χ0n) is 23.0. The molecule has 39 heavy (non-hydrogen) atoms. The van der Waals surface area contributed by atoms with Gasteiger partial charge in [-0.2, -0.15) is 0 Å². The van der Waals surface area contributed by atoms with Gasteiger partial charge in [0.2, 0.25) is 0 Å². The lowest BCUT2D eigenvalue weighted by atomic mass is 10.00. The Hall–Kier alpha value is -3.98. The second kappa shape index (κ2) is 12.3. The number of aromatic nitrogens is 2. The maximum atomic E-state index is 13.0. The topological polar surface area (TPSA) is 114 Å². The normalized spacial score (nSPS) is 11.5. The molecule has 0 fully saturated rings. The van der Waals surface area contributed by atoms with Crippen LogP contribution in [0.5, 0.6) is 5.75 Å². The zero-order chi connectivity index (χ0) is 28.1. The first-order valence-corrected chi connectivity index (χ1v) is 13.3. The Bertz CT molecular complexity index is 1540. The number of carbonyl (C=O) groups excluding carboxylic acids is 2. The van der Waals surface area contributed by atoms with Gasteiger partial charge in [0.25, 0.3) is 5.91 Å². The second-order valence-electron chi connectivity index (χ2n) is 10.2. The first-order valence-electron chi connectivity index (χ1n) is 13.3. The van der Waals surface area contributed by atoms with E-state index in [-0.39, 0.29) is 24.7 Å². The SMILES string of the molecule is Cc1c2ccnc(C(=O)NCCN(C)C)c2cc2c3cc(OC(=O)CCCCCCC(=O)O)ccc3n(C)c12. The van der Waals surface area contributed by atoms with Crippen LogP contribution in [0.3, 0.4) is 0 Å². The van der Waals surface area contributed by atoms with Crippen LogP contribution in [0, 0.1) is 6.92 Å². The number of nitrogens with one attached hydrogen (secondary N) is 1. The number of carboxylic acid groups (broad SMARTS) is 1. The van der Waals surface area contributed by atoms with Crippen LogP contribution in [0.25, 0.3) is 32.6 Å². The number of unbranched alkanes of at least 4 members (excludes halogenated alkanes) is 3. The Morgan fingerprint density at radius 1 is 0.974 bits per heavy atom. The largest absolute Gasteiger partial charge is 0.481 e. The van der Waals surface area contributed by atoms with Gasteiger partial charge in [0.1, 0.15) is 11.4 Å². The van der Waals surface area contributed by atoms with Crippen LogP contribution in [0.1, 0.15) is 54.6 Å². The second-order valence-corrected chi connectivity index (χ2v) is 10.2. The average Bonchev–Trinajstić information content (AvgIpc) is 3.16. The van der Waals surface area contributed by atoms with Crippen LogP contribution in [0.15, 0.2) is 36.5 Å². The summed E-state index contributed by atoms with van der Waals surface area (Å²) in [6.45, 7) is 3.31. The first kappa shape index (κ1) is 28.0. The van der Waals surface area contributed by atoms with Crippen LogP contribution in [0.4, 0.5) is 0 Å². The predicted octanol–water partition coefficient (Wildman–Crippen LogP) is 4.81. The van der Waals surface area contributed by atoms with E-state index >= 15 is 0 Å². The zero-order valence-corrected chi connectivity index (χ0v) is 23.0. The van der Waals surface area contributed by atoms with Crippen molar-refractivity contribution in [2.75, 3.05) is 27.2 Å². The number of likely N-dealkylation sites (N-methyl/N-ethyl adjacent to an activating group) is 1. The summed E-state index contributed by atoms with van der Waals surface area (Å²) in [4.78, 5) is 42.5. The van der Waals surface area contributed by atoms with E-state index in [2.05, 4.69) is 21.8 Å². The summed E-state index contributed by atoms with van der Waals surface area (Å²) in [7, 11) is 5.93. The van der Waals surface area contributed by atoms with E-state index in [4.69, 9.17) is 9.84 Å². The van der Waals surface area contributed by atoms with Crippen LogP contribution in [-0.4, -0.2) is 64.6 Å². The molecule has 0 radical (unpaired) electrons. The third kappa shape index (κ3) is 6.37. The number of esters is 1. The molecule has 9 heteroatoms. The van der Waals surface area contributed by atoms with Gasteiger partial charge < -0.3 is 24.6 Å². The van der Waals surface area contributed by atoms with Crippen LogP contribution in [-0.2, 0) is 16.6 Å². The highest BCUT2D eigenvalue weighted by atomic mass is 16.5. The summed E-state index contributed by atoms with van der Waals surface area (Å²) in [5, 5.41) is 15.3. The standard InChI is InChI=1S/C30H36N4O5/c1-19-21-13-14-31-28(30(38)32-15-16-33(2)3)23(21)18-24-22-17-20(11-12-25(22)34(4)29(19)24)39-27(37)10-8-6-5-7-9-26(35)36/h11-14,17-18H,5-10,15-16H2,1-4H3,(H,32,38)(H,35,36). The molecule has 0 bridgehead atoms. The monoisotopic (exact) mass is 532 g/mol. The van der Waals surface area contributed by atoms with Gasteiger partial charge in [-0.05, 0) is 75.1 Å². The molecule has 206 valence electrons. The number of pyridine rings is 1. The maximum absolute atomic E-state index is 13.0. The Balaban J connectivity index is 1.60. The molecule has 2 heterocycles. The molecule has 2 N–H and O–H groups in total. The number of hydrogen-bond donors (Lipinski definition) is 2. The van der Waals surface area contributed by atoms with Gasteiger partial charge in [-0.3, -0.25) is 19.4 Å². The highest BCUT2D eigenvalue weighted by molar-refractivity contribution is 6.17. The number of ether oxygens (including phenoxy) is 1. The predicted molar refractivity (Wildman–Crippen MR) is 152 cm³/mol. The van der Waals surface area contributed by atoms with Crippen molar-refractivity contribution < 1.29 is 24.2 Å². The van der Waals surface area contributed by atoms with Crippen molar-refractivity contribution in [2.45, 2.75) is 45.4 Å². The van der Waals surface area contributed by atoms with Gasteiger partial charge in [-0.15, -0.1) is 0 Å². The number of aliphatic carboxylic acids is 1. The van der Waals surface area contributed by atoms with Gasteiger partial charge >= 0.3 is 11.9 Å². The lowest BCUT2D eigenvalue weighted by Crippen LogP contribution is -2.31. The fourth-order valence-electron chi connectivity index (χ4n) is 5.07. The van der Waals surface area contributed by atoms with Gasteiger partial charge in [0, 0.05) is 60.9 Å². The fourth-order valence-corrected chi connectivity index (χ4v) is 5.07. The number of fused-ring (bicyclic) bond motifs is 4. The van der Waals surface area contributed by atoms with E-state index < -0.39 is 5.97 Å². The Labute approximate surface area is 227 Å². The van der Waals surface area contributed by atoms with Crippen molar-refractivity contribution in [3.8, 4) is 5.75 Å². The smallest absolute Gasteiger partial charge is 0.311 e. The molecule has 2 aromatic carbocycles. The molecule has 0 spiro atoms. The summed E-state index contributed by atoms with van der Waals surface area (Å²) in [6.07, 6.45) is 4.95. The minimum atomic E-state index is -0.794. The van der Waals surface area contributed by atoms with E-state index in [0.717, 1.165) is 57.5 Å². The molecule has 2 aromatic heterocycles. The molecular formula is C30H36N4O5. The summed E-state index contributed by atoms with van der Waals surface area (Å²) in [5.74, 6) is -0.844. The van der Waals surface area contributed by atoms with E-state index in [1.54, 1.807) is 12.3 Å². The number of carbonyl (C=O) groups is 3. The summed E-state index contributed by atoms with van der Waals surface area (Å²) in [5.41, 5.74) is 3.48. The van der Waals surface area contributed by atoms with Gasteiger partial charge in [0.05, 0.1) is 5.52 Å². The van der Waals surface area contributed by atoms with Gasteiger partial charge in [-0.1, -0.05) is 12.8 Å². The molecule has 0 saturated heterocycles. The molecular weight excluding hydrogens is 496 g/mol. The number of aryl methyl sites for hydroxylation is 2. The van der Waals surface area contributed by atoms with Crippen molar-refractivity contribution in [3.63, 3.8) is 0 Å². The first-order chi connectivity index (χ1) is 18.7. The van der Waals surface area contributed by atoms with Crippen molar-refractivity contribution in [1.29, 1.82) is 0 Å². The van der Waals surface area contributed by atoms with E-state index in [0.29, 0.717) is 30.8 Å². The number of benzene rings is 2. The molecule has 0 aliphatic heterocycles. The van der Waals surface area contributed by atoms with Crippen LogP contribution < -0.4 is 10.1 Å². The Kier molecular flexibility index (Phi) is 8.81. The average molecular weight is 533 g/mol. The number of amides is 1. The van der Waals surface area contributed by atoms with Crippen molar-refractivity contribution >= 4 is 50.4 Å². The number of nitrogens with zero attached hydrogens (tertiary/aromatic N) is 3. The molecule has 0 atom stereocenters. The highest BCUT2D eigenvalue weighted by Gasteiger charge is 2.19.